The van der Waals surface area contributed by atoms with Crippen molar-refractivity contribution in [3.05, 3.63) is 35.6 Å². The molecule has 0 saturated heterocycles. The maximum absolute atomic E-state index is 13.1. The van der Waals surface area contributed by atoms with Gasteiger partial charge in [0.25, 0.3) is 0 Å². The van der Waals surface area contributed by atoms with Gasteiger partial charge >= 0.3 is 0 Å². The lowest BCUT2D eigenvalue weighted by molar-refractivity contribution is 0.577. The molecule has 16 heavy (non-hydrogen) atoms. The van der Waals surface area contributed by atoms with Crippen LogP contribution >= 0.6 is 0 Å². The molecule has 6 heteroatoms. The minimum absolute atomic E-state index is 0.0159. The van der Waals surface area contributed by atoms with Crippen molar-refractivity contribution in [1.82, 2.24) is 10.0 Å². The summed E-state index contributed by atoms with van der Waals surface area (Å²) in [5, 5.41) is 2.87. The Labute approximate surface area is 94.9 Å². The third-order valence-electron chi connectivity index (χ3n) is 2.13. The normalized spacial score (nSPS) is 11.6. The lowest BCUT2D eigenvalue weighted by Crippen LogP contribution is -2.29. The zero-order valence-corrected chi connectivity index (χ0v) is 9.85. The van der Waals surface area contributed by atoms with E-state index in [0.717, 1.165) is 0 Å². The molecule has 1 aromatic carbocycles. The lowest BCUT2D eigenvalue weighted by atomic mass is 10.2. The second-order valence-corrected chi connectivity index (χ2v) is 5.34. The molecule has 0 amide bonds. The van der Waals surface area contributed by atoms with Crippen LogP contribution < -0.4 is 10.0 Å². The van der Waals surface area contributed by atoms with Crippen LogP contribution in [0, 0.1) is 5.82 Å². The Bertz CT molecular complexity index is 434. The first-order valence-electron chi connectivity index (χ1n) is 4.90. The zero-order chi connectivity index (χ0) is 12.0. The molecule has 0 radical (unpaired) electrons. The fourth-order valence-electron chi connectivity index (χ4n) is 1.17. The second-order valence-electron chi connectivity index (χ2n) is 3.29. The molecule has 1 aromatic rings. The third-order valence-corrected chi connectivity index (χ3v) is 3.50. The van der Waals surface area contributed by atoms with E-state index in [0.29, 0.717) is 12.1 Å². The van der Waals surface area contributed by atoms with E-state index in [4.69, 9.17) is 0 Å². The number of rotatable bonds is 6. The molecule has 0 bridgehead atoms. The summed E-state index contributed by atoms with van der Waals surface area (Å²) in [6.07, 6.45) is 0. The van der Waals surface area contributed by atoms with Gasteiger partial charge in [0.15, 0.2) is 0 Å². The summed E-state index contributed by atoms with van der Waals surface area (Å²) < 4.78 is 37.5. The number of benzene rings is 1. The van der Waals surface area contributed by atoms with Crippen molar-refractivity contribution in [2.75, 3.05) is 19.3 Å². The van der Waals surface area contributed by atoms with E-state index in [1.165, 1.54) is 13.1 Å². The average Bonchev–Trinajstić information content (AvgIpc) is 2.27. The summed E-state index contributed by atoms with van der Waals surface area (Å²) in [4.78, 5) is 0. The predicted molar refractivity (Wildman–Crippen MR) is 61.0 cm³/mol. The molecule has 0 saturated carbocycles. The van der Waals surface area contributed by atoms with Gasteiger partial charge in [0, 0.05) is 18.7 Å². The summed E-state index contributed by atoms with van der Waals surface area (Å²) in [7, 11) is -1.82. The topological polar surface area (TPSA) is 58.2 Å². The molecule has 1 rings (SSSR count). The maximum atomic E-state index is 13.1. The van der Waals surface area contributed by atoms with Crippen LogP contribution in [0.1, 0.15) is 5.56 Å². The smallest absolute Gasteiger partial charge is 0.212 e. The molecule has 0 aliphatic rings. The Hall–Kier alpha value is -0.980. The average molecular weight is 246 g/mol. The van der Waals surface area contributed by atoms with Gasteiger partial charge in [0.2, 0.25) is 10.0 Å². The highest BCUT2D eigenvalue weighted by Gasteiger charge is 2.06. The molecular weight excluding hydrogens is 231 g/mol. The van der Waals surface area contributed by atoms with Gasteiger partial charge in [-0.3, -0.25) is 0 Å². The van der Waals surface area contributed by atoms with Crippen LogP contribution in [0.15, 0.2) is 24.3 Å². The zero-order valence-electron chi connectivity index (χ0n) is 9.03. The molecule has 0 aliphatic heterocycles. The van der Waals surface area contributed by atoms with E-state index in [-0.39, 0.29) is 18.1 Å². The Morgan fingerprint density at radius 2 is 2.00 bits per heavy atom. The number of halogens is 1. The van der Waals surface area contributed by atoms with Crippen LogP contribution in [0.2, 0.25) is 0 Å². The Morgan fingerprint density at radius 3 is 2.62 bits per heavy atom. The predicted octanol–water partition coefficient (Wildman–Crippen LogP) is 0.465. The molecule has 0 fully saturated rings. The largest absolute Gasteiger partial charge is 0.312 e. The van der Waals surface area contributed by atoms with Crippen molar-refractivity contribution in [2.45, 2.75) is 6.54 Å². The van der Waals surface area contributed by atoms with Crippen molar-refractivity contribution in [3.8, 4) is 0 Å². The minimum atomic E-state index is -3.19. The number of hydrogen-bond acceptors (Lipinski definition) is 3. The monoisotopic (exact) mass is 246 g/mol. The standard InChI is InChI=1S/C10H15FN2O2S/c1-12-16(14,15)7-6-13-8-9-4-2-3-5-10(9)11/h2-5,12-13H,6-8H2,1H3. The van der Waals surface area contributed by atoms with Gasteiger partial charge in [0.1, 0.15) is 5.82 Å². The van der Waals surface area contributed by atoms with Crippen molar-refractivity contribution in [1.29, 1.82) is 0 Å². The quantitative estimate of drug-likeness (QED) is 0.717. The maximum Gasteiger partial charge on any atom is 0.212 e. The summed E-state index contributed by atoms with van der Waals surface area (Å²) in [5.74, 6) is -0.302. The lowest BCUT2D eigenvalue weighted by Gasteiger charge is -2.06. The summed E-state index contributed by atoms with van der Waals surface area (Å²) in [5.41, 5.74) is 0.532. The first-order chi connectivity index (χ1) is 7.55. The highest BCUT2D eigenvalue weighted by atomic mass is 32.2. The molecular formula is C10H15FN2O2S. The van der Waals surface area contributed by atoms with Crippen LogP contribution in [-0.4, -0.2) is 27.8 Å². The van der Waals surface area contributed by atoms with Crippen LogP contribution in [0.3, 0.4) is 0 Å². The van der Waals surface area contributed by atoms with E-state index in [1.54, 1.807) is 18.2 Å². The van der Waals surface area contributed by atoms with Gasteiger partial charge in [0.05, 0.1) is 5.75 Å². The molecule has 4 nitrogen and oxygen atoms in total. The molecule has 90 valence electrons. The third kappa shape index (κ3) is 4.26. The summed E-state index contributed by atoms with van der Waals surface area (Å²) in [6.45, 7) is 0.614. The summed E-state index contributed by atoms with van der Waals surface area (Å²) >= 11 is 0. The van der Waals surface area contributed by atoms with Crippen molar-refractivity contribution < 1.29 is 12.8 Å². The van der Waals surface area contributed by atoms with E-state index < -0.39 is 10.0 Å². The highest BCUT2D eigenvalue weighted by molar-refractivity contribution is 7.89. The number of sulfonamides is 1. The van der Waals surface area contributed by atoms with Crippen LogP contribution in [0.25, 0.3) is 0 Å². The second kappa shape index (κ2) is 5.93. The molecule has 0 atom stereocenters. The van der Waals surface area contributed by atoms with Crippen LogP contribution in [0.4, 0.5) is 4.39 Å². The number of hydrogen-bond donors (Lipinski definition) is 2. The molecule has 0 aliphatic carbocycles. The fraction of sp³-hybridized carbons (Fsp3) is 0.400. The van der Waals surface area contributed by atoms with Crippen LogP contribution in [0.5, 0.6) is 0 Å². The summed E-state index contributed by atoms with van der Waals surface area (Å²) in [6, 6.07) is 6.39. The van der Waals surface area contributed by atoms with E-state index >= 15 is 0 Å². The van der Waals surface area contributed by atoms with Gasteiger partial charge < -0.3 is 5.32 Å². The first kappa shape index (κ1) is 13.1. The molecule has 2 N–H and O–H groups in total. The van der Waals surface area contributed by atoms with Crippen LogP contribution in [-0.2, 0) is 16.6 Å². The van der Waals surface area contributed by atoms with Gasteiger partial charge in [-0.15, -0.1) is 0 Å². The fourth-order valence-corrected chi connectivity index (χ4v) is 1.79. The Kier molecular flexibility index (Phi) is 4.85. The Balaban J connectivity index is 2.35. The molecule has 0 spiro atoms. The molecule has 0 unspecified atom stereocenters. The minimum Gasteiger partial charge on any atom is -0.312 e. The Morgan fingerprint density at radius 1 is 1.31 bits per heavy atom. The molecule has 0 heterocycles. The van der Waals surface area contributed by atoms with Gasteiger partial charge in [-0.1, -0.05) is 18.2 Å². The van der Waals surface area contributed by atoms with Crippen molar-refractivity contribution >= 4 is 10.0 Å². The SMILES string of the molecule is CNS(=O)(=O)CCNCc1ccccc1F. The number of nitrogens with one attached hydrogen (secondary N) is 2. The van der Waals surface area contributed by atoms with E-state index in [1.807, 2.05) is 0 Å². The van der Waals surface area contributed by atoms with Crippen molar-refractivity contribution in [2.24, 2.45) is 0 Å². The van der Waals surface area contributed by atoms with E-state index in [9.17, 15) is 12.8 Å². The van der Waals surface area contributed by atoms with Gasteiger partial charge in [-0.2, -0.15) is 0 Å². The van der Waals surface area contributed by atoms with Crippen molar-refractivity contribution in [3.63, 3.8) is 0 Å². The van der Waals surface area contributed by atoms with E-state index in [2.05, 4.69) is 10.0 Å². The highest BCUT2D eigenvalue weighted by Crippen LogP contribution is 2.04. The van der Waals surface area contributed by atoms with Gasteiger partial charge in [-0.05, 0) is 13.1 Å². The van der Waals surface area contributed by atoms with Gasteiger partial charge in [-0.25, -0.2) is 17.5 Å². The first-order valence-corrected chi connectivity index (χ1v) is 6.56. The molecule has 0 aromatic heterocycles.